The first-order valence-corrected chi connectivity index (χ1v) is 7.98. The molecule has 2 rings (SSSR count). The van der Waals surface area contributed by atoms with E-state index in [4.69, 9.17) is 9.47 Å². The Morgan fingerprint density at radius 1 is 1.43 bits per heavy atom. The minimum Gasteiger partial charge on any atom is -0.493 e. The van der Waals surface area contributed by atoms with E-state index in [0.29, 0.717) is 34.7 Å². The van der Waals surface area contributed by atoms with Crippen molar-refractivity contribution in [2.45, 2.75) is 13.5 Å². The third-order valence-corrected chi connectivity index (χ3v) is 3.88. The van der Waals surface area contributed by atoms with Gasteiger partial charge in [-0.15, -0.1) is 0 Å². The van der Waals surface area contributed by atoms with E-state index in [-0.39, 0.29) is 5.91 Å². The summed E-state index contributed by atoms with van der Waals surface area (Å²) in [5.74, 6) is 1.02. The summed E-state index contributed by atoms with van der Waals surface area (Å²) in [6, 6.07) is 3.44. The molecule has 124 valence electrons. The van der Waals surface area contributed by atoms with Crippen molar-refractivity contribution in [3.63, 3.8) is 0 Å². The van der Waals surface area contributed by atoms with Gasteiger partial charge in [-0.2, -0.15) is 5.10 Å². The molecule has 6 nitrogen and oxygen atoms in total. The molecular formula is C16H20BrN3O3. The third-order valence-electron chi connectivity index (χ3n) is 3.29. The highest BCUT2D eigenvalue weighted by Gasteiger charge is 2.18. The molecule has 0 radical (unpaired) electrons. The Bertz CT molecular complexity index is 700. The van der Waals surface area contributed by atoms with Crippen molar-refractivity contribution in [2.75, 3.05) is 20.8 Å². The topological polar surface area (TPSA) is 56.6 Å². The lowest BCUT2D eigenvalue weighted by atomic mass is 10.1. The summed E-state index contributed by atoms with van der Waals surface area (Å²) in [5, 5.41) is 4.11. The molecule has 1 heterocycles. The van der Waals surface area contributed by atoms with E-state index < -0.39 is 0 Å². The number of rotatable bonds is 6. The normalized spacial score (nSPS) is 10.5. The number of halogens is 1. The van der Waals surface area contributed by atoms with Crippen LogP contribution in [0.5, 0.6) is 11.5 Å². The van der Waals surface area contributed by atoms with E-state index in [0.717, 1.165) is 5.56 Å². The van der Waals surface area contributed by atoms with Gasteiger partial charge in [0.05, 0.1) is 24.4 Å². The lowest BCUT2D eigenvalue weighted by Gasteiger charge is -2.18. The predicted octanol–water partition coefficient (Wildman–Crippen LogP) is 2.86. The van der Waals surface area contributed by atoms with Crippen LogP contribution in [0, 0.1) is 0 Å². The standard InChI is InChI=1S/C16H20BrN3O3/c1-5-23-15-13(17)6-12(7-14(15)22-4)16(21)19(2)9-11-8-18-20(3)10-11/h6-8,10H,5,9H2,1-4H3. The van der Waals surface area contributed by atoms with E-state index >= 15 is 0 Å². The van der Waals surface area contributed by atoms with Crippen LogP contribution in [0.2, 0.25) is 0 Å². The molecule has 0 bridgehead atoms. The number of aryl methyl sites for hydroxylation is 1. The molecule has 1 aromatic carbocycles. The van der Waals surface area contributed by atoms with Crippen LogP contribution in [0.15, 0.2) is 29.0 Å². The Morgan fingerprint density at radius 3 is 2.74 bits per heavy atom. The quantitative estimate of drug-likeness (QED) is 0.771. The maximum atomic E-state index is 12.6. The van der Waals surface area contributed by atoms with Gasteiger partial charge in [-0.3, -0.25) is 9.48 Å². The molecule has 0 atom stereocenters. The SMILES string of the molecule is CCOc1c(Br)cc(C(=O)N(C)Cc2cnn(C)c2)cc1OC. The molecule has 0 saturated heterocycles. The number of benzene rings is 1. The maximum absolute atomic E-state index is 12.6. The van der Waals surface area contributed by atoms with Gasteiger partial charge in [-0.1, -0.05) is 0 Å². The van der Waals surface area contributed by atoms with Crippen molar-refractivity contribution in [3.8, 4) is 11.5 Å². The fourth-order valence-electron chi connectivity index (χ4n) is 2.25. The van der Waals surface area contributed by atoms with Gasteiger partial charge in [0, 0.05) is 38.0 Å². The molecule has 1 aromatic heterocycles. The number of carbonyl (C=O) groups is 1. The molecule has 23 heavy (non-hydrogen) atoms. The van der Waals surface area contributed by atoms with Crippen molar-refractivity contribution in [1.29, 1.82) is 0 Å². The Morgan fingerprint density at radius 2 is 2.17 bits per heavy atom. The average Bonchev–Trinajstić information content (AvgIpc) is 2.93. The highest BCUT2D eigenvalue weighted by atomic mass is 79.9. The first-order chi connectivity index (χ1) is 11.0. The molecule has 0 aliphatic carbocycles. The second kappa shape index (κ2) is 7.50. The van der Waals surface area contributed by atoms with Gasteiger partial charge >= 0.3 is 0 Å². The Hall–Kier alpha value is -2.02. The molecule has 1 amide bonds. The lowest BCUT2D eigenvalue weighted by molar-refractivity contribution is 0.0784. The first-order valence-electron chi connectivity index (χ1n) is 7.19. The number of aromatic nitrogens is 2. The maximum Gasteiger partial charge on any atom is 0.254 e. The van der Waals surface area contributed by atoms with E-state index in [1.54, 1.807) is 42.1 Å². The highest BCUT2D eigenvalue weighted by molar-refractivity contribution is 9.10. The Labute approximate surface area is 144 Å². The molecule has 0 saturated carbocycles. The zero-order valence-electron chi connectivity index (χ0n) is 13.7. The molecule has 0 N–H and O–H groups in total. The van der Waals surface area contributed by atoms with Crippen LogP contribution < -0.4 is 9.47 Å². The summed E-state index contributed by atoms with van der Waals surface area (Å²) in [6.07, 6.45) is 3.64. The number of nitrogens with zero attached hydrogens (tertiary/aromatic N) is 3. The average molecular weight is 382 g/mol. The summed E-state index contributed by atoms with van der Waals surface area (Å²) < 4.78 is 13.3. The number of carbonyl (C=O) groups excluding carboxylic acids is 1. The molecule has 0 aliphatic heterocycles. The van der Waals surface area contributed by atoms with Crippen molar-refractivity contribution in [1.82, 2.24) is 14.7 Å². The molecular weight excluding hydrogens is 362 g/mol. The van der Waals surface area contributed by atoms with Gasteiger partial charge in [-0.05, 0) is 35.0 Å². The summed E-state index contributed by atoms with van der Waals surface area (Å²) in [5.41, 5.74) is 1.50. The number of methoxy groups -OCH3 is 1. The van der Waals surface area contributed by atoms with Gasteiger partial charge in [0.25, 0.3) is 5.91 Å². The molecule has 0 fully saturated rings. The van der Waals surface area contributed by atoms with Gasteiger partial charge < -0.3 is 14.4 Å². The number of hydrogen-bond acceptors (Lipinski definition) is 4. The van der Waals surface area contributed by atoms with Crippen LogP contribution in [0.25, 0.3) is 0 Å². The van der Waals surface area contributed by atoms with Gasteiger partial charge in [-0.25, -0.2) is 0 Å². The summed E-state index contributed by atoms with van der Waals surface area (Å²) >= 11 is 3.44. The van der Waals surface area contributed by atoms with Crippen molar-refractivity contribution in [2.24, 2.45) is 7.05 Å². The fourth-order valence-corrected chi connectivity index (χ4v) is 2.80. The molecule has 2 aromatic rings. The minimum atomic E-state index is -0.101. The van der Waals surface area contributed by atoms with Crippen LogP contribution in [-0.4, -0.2) is 41.4 Å². The minimum absolute atomic E-state index is 0.101. The second-order valence-electron chi connectivity index (χ2n) is 5.11. The number of amides is 1. The summed E-state index contributed by atoms with van der Waals surface area (Å²) in [4.78, 5) is 14.3. The zero-order chi connectivity index (χ0) is 17.0. The highest BCUT2D eigenvalue weighted by Crippen LogP contribution is 2.37. The predicted molar refractivity (Wildman–Crippen MR) is 90.9 cm³/mol. The van der Waals surface area contributed by atoms with E-state index in [1.165, 1.54) is 0 Å². The van der Waals surface area contributed by atoms with E-state index in [1.807, 2.05) is 20.2 Å². The summed E-state index contributed by atoms with van der Waals surface area (Å²) in [7, 11) is 5.16. The van der Waals surface area contributed by atoms with Crippen molar-refractivity contribution < 1.29 is 14.3 Å². The fraction of sp³-hybridized carbons (Fsp3) is 0.375. The van der Waals surface area contributed by atoms with Crippen LogP contribution in [0.4, 0.5) is 0 Å². The Kier molecular flexibility index (Phi) is 5.65. The van der Waals surface area contributed by atoms with Crippen LogP contribution in [0.3, 0.4) is 0 Å². The lowest BCUT2D eigenvalue weighted by Crippen LogP contribution is -2.26. The Balaban J connectivity index is 2.22. The number of hydrogen-bond donors (Lipinski definition) is 0. The molecule has 0 spiro atoms. The number of ether oxygens (including phenoxy) is 2. The van der Waals surface area contributed by atoms with Gasteiger partial charge in [0.2, 0.25) is 0 Å². The van der Waals surface area contributed by atoms with E-state index in [2.05, 4.69) is 21.0 Å². The van der Waals surface area contributed by atoms with Crippen LogP contribution in [0.1, 0.15) is 22.8 Å². The smallest absolute Gasteiger partial charge is 0.254 e. The van der Waals surface area contributed by atoms with Crippen LogP contribution in [-0.2, 0) is 13.6 Å². The molecule has 7 heteroatoms. The first kappa shape index (κ1) is 17.3. The molecule has 0 aliphatic rings. The molecule has 0 unspecified atom stereocenters. The van der Waals surface area contributed by atoms with Crippen molar-refractivity contribution >= 4 is 21.8 Å². The van der Waals surface area contributed by atoms with Crippen molar-refractivity contribution in [3.05, 3.63) is 40.1 Å². The van der Waals surface area contributed by atoms with Crippen LogP contribution >= 0.6 is 15.9 Å². The van der Waals surface area contributed by atoms with E-state index in [9.17, 15) is 4.79 Å². The van der Waals surface area contributed by atoms with Gasteiger partial charge in [0.1, 0.15) is 0 Å². The van der Waals surface area contributed by atoms with Gasteiger partial charge in [0.15, 0.2) is 11.5 Å². The zero-order valence-corrected chi connectivity index (χ0v) is 15.3. The largest absolute Gasteiger partial charge is 0.493 e. The summed E-state index contributed by atoms with van der Waals surface area (Å²) in [6.45, 7) is 2.90. The third kappa shape index (κ3) is 4.04. The second-order valence-corrected chi connectivity index (χ2v) is 5.96. The monoisotopic (exact) mass is 381 g/mol.